The van der Waals surface area contributed by atoms with Crippen LogP contribution in [0.3, 0.4) is 0 Å². The monoisotopic (exact) mass is 546 g/mol. The Kier molecular flexibility index (Phi) is 22.5. The van der Waals surface area contributed by atoms with E-state index in [1.54, 1.807) is 5.56 Å². The van der Waals surface area contributed by atoms with E-state index in [4.69, 9.17) is 19.7 Å². The molecule has 0 aliphatic heterocycles. The Hall–Kier alpha value is -2.12. The van der Waals surface area contributed by atoms with Gasteiger partial charge >= 0.3 is 0 Å². The molecule has 0 aromatic heterocycles. The highest BCUT2D eigenvalue weighted by atomic mass is 16.5. The summed E-state index contributed by atoms with van der Waals surface area (Å²) in [6, 6.07) is 7.21. The van der Waals surface area contributed by atoms with E-state index in [0.717, 1.165) is 25.0 Å². The number of aryl methyl sites for hydroxylation is 3. The lowest BCUT2D eigenvalue weighted by molar-refractivity contribution is -0.106. The molecule has 0 spiro atoms. The molecular formula is C33H54O6. The van der Waals surface area contributed by atoms with Crippen LogP contribution in [0.5, 0.6) is 0 Å². The molecule has 0 unspecified atom stereocenters. The Labute approximate surface area is 237 Å². The van der Waals surface area contributed by atoms with Gasteiger partial charge in [0, 0.05) is 31.3 Å². The quantitative estimate of drug-likeness (QED) is 0.154. The van der Waals surface area contributed by atoms with Gasteiger partial charge in [-0.25, -0.2) is 0 Å². The average molecular weight is 547 g/mol. The zero-order valence-corrected chi connectivity index (χ0v) is 25.0. The van der Waals surface area contributed by atoms with Gasteiger partial charge in [0.15, 0.2) is 0 Å². The van der Waals surface area contributed by atoms with Crippen molar-refractivity contribution in [2.45, 2.75) is 78.1 Å². The highest BCUT2D eigenvalue weighted by Crippen LogP contribution is 2.36. The summed E-state index contributed by atoms with van der Waals surface area (Å²) in [4.78, 5) is 19.0. The minimum atomic E-state index is -0.233. The number of benzene rings is 1. The maximum Gasteiger partial charge on any atom is 0.147 e. The number of aliphatic hydroxyl groups is 2. The van der Waals surface area contributed by atoms with Gasteiger partial charge in [0.2, 0.25) is 0 Å². The lowest BCUT2D eigenvalue weighted by Crippen LogP contribution is -2.28. The number of rotatable bonds is 16. The van der Waals surface area contributed by atoms with Crippen molar-refractivity contribution in [2.75, 3.05) is 40.6 Å². The van der Waals surface area contributed by atoms with Crippen molar-refractivity contribution in [1.82, 2.24) is 0 Å². The van der Waals surface area contributed by atoms with Crippen LogP contribution < -0.4 is 0 Å². The molecule has 0 heterocycles. The highest BCUT2D eigenvalue weighted by molar-refractivity contribution is 5.72. The van der Waals surface area contributed by atoms with Gasteiger partial charge in [0.05, 0.1) is 26.4 Å². The Morgan fingerprint density at radius 2 is 1.51 bits per heavy atom. The number of unbranched alkanes of at least 4 members (excludes halogenated alkanes) is 2. The van der Waals surface area contributed by atoms with E-state index in [0.29, 0.717) is 18.5 Å². The van der Waals surface area contributed by atoms with Crippen molar-refractivity contribution in [3.8, 4) is 0 Å². The molecule has 0 bridgehead atoms. The molecule has 1 aliphatic carbocycles. The summed E-state index contributed by atoms with van der Waals surface area (Å²) in [5, 5.41) is 16.0. The number of carbonyl (C=O) groups excluding carboxylic acids is 2. The largest absolute Gasteiger partial charge is 0.392 e. The molecule has 1 aromatic rings. The van der Waals surface area contributed by atoms with Gasteiger partial charge in [-0.2, -0.15) is 0 Å². The van der Waals surface area contributed by atoms with Crippen LogP contribution in [0.15, 0.2) is 42.5 Å². The van der Waals surface area contributed by atoms with Gasteiger partial charge in [0.1, 0.15) is 12.6 Å². The van der Waals surface area contributed by atoms with Crippen LogP contribution in [-0.2, 0) is 31.9 Å². The molecule has 1 fully saturated rings. The van der Waals surface area contributed by atoms with Crippen LogP contribution >= 0.6 is 0 Å². The normalized spacial score (nSPS) is 16.4. The van der Waals surface area contributed by atoms with E-state index in [-0.39, 0.29) is 24.4 Å². The fourth-order valence-corrected chi connectivity index (χ4v) is 4.90. The summed E-state index contributed by atoms with van der Waals surface area (Å²) in [5.41, 5.74) is 5.01. The Balaban J connectivity index is 0.00000100. The van der Waals surface area contributed by atoms with Crippen molar-refractivity contribution >= 4 is 12.6 Å². The Bertz CT molecular complexity index is 784. The molecule has 1 aromatic carbocycles. The number of carbonyl (C=O) groups is 2. The van der Waals surface area contributed by atoms with Crippen molar-refractivity contribution in [3.63, 3.8) is 0 Å². The van der Waals surface area contributed by atoms with E-state index in [2.05, 4.69) is 45.2 Å². The molecule has 2 rings (SSSR count). The first-order valence-corrected chi connectivity index (χ1v) is 14.3. The van der Waals surface area contributed by atoms with E-state index < -0.39 is 0 Å². The fourth-order valence-electron chi connectivity index (χ4n) is 4.90. The number of aliphatic hydroxyl groups excluding tert-OH is 2. The predicted octanol–water partition coefficient (Wildman–Crippen LogP) is 5.84. The summed E-state index contributed by atoms with van der Waals surface area (Å²) in [7, 11) is 3.62. The lowest BCUT2D eigenvalue weighted by atomic mass is 9.74. The molecule has 6 heteroatoms. The summed E-state index contributed by atoms with van der Waals surface area (Å²) >= 11 is 0. The molecule has 1 aliphatic rings. The zero-order chi connectivity index (χ0) is 29.5. The fraction of sp³-hybridized carbons (Fsp3) is 0.636. The van der Waals surface area contributed by atoms with Crippen molar-refractivity contribution in [3.05, 3.63) is 59.2 Å². The van der Waals surface area contributed by atoms with E-state index in [1.807, 2.05) is 14.2 Å². The van der Waals surface area contributed by atoms with Gasteiger partial charge in [-0.3, -0.25) is 9.59 Å². The van der Waals surface area contributed by atoms with Gasteiger partial charge in [0.25, 0.3) is 0 Å². The van der Waals surface area contributed by atoms with Crippen molar-refractivity contribution < 1.29 is 29.3 Å². The third-order valence-corrected chi connectivity index (χ3v) is 7.36. The van der Waals surface area contributed by atoms with Gasteiger partial charge in [-0.15, -0.1) is 0 Å². The first-order valence-electron chi connectivity index (χ1n) is 14.3. The topological polar surface area (TPSA) is 93.1 Å². The SMILES string of the molecule is C=C(C=O)CO.C=C(C=O)CO.CCCCCc1ccc(CCC2CCC(C(COC)COC)CC2)cc1C. The Morgan fingerprint density at radius 3 is 1.92 bits per heavy atom. The number of aldehydes is 2. The minimum Gasteiger partial charge on any atom is -0.392 e. The first kappa shape index (κ1) is 36.9. The first-order chi connectivity index (χ1) is 18.8. The second kappa shape index (κ2) is 23.7. The molecule has 6 nitrogen and oxygen atoms in total. The van der Waals surface area contributed by atoms with Gasteiger partial charge in [-0.1, -0.05) is 64.0 Å². The second-order valence-corrected chi connectivity index (χ2v) is 10.6. The molecule has 0 atom stereocenters. The summed E-state index contributed by atoms with van der Waals surface area (Å²) in [6.07, 6.45) is 14.3. The third-order valence-electron chi connectivity index (χ3n) is 7.36. The molecule has 0 saturated heterocycles. The lowest BCUT2D eigenvalue weighted by Gasteiger charge is -2.33. The molecule has 0 amide bonds. The van der Waals surface area contributed by atoms with Gasteiger partial charge < -0.3 is 19.7 Å². The maximum absolute atomic E-state index is 9.48. The van der Waals surface area contributed by atoms with Crippen molar-refractivity contribution in [2.24, 2.45) is 17.8 Å². The predicted molar refractivity (Wildman–Crippen MR) is 160 cm³/mol. The maximum atomic E-state index is 9.48. The number of hydrogen-bond donors (Lipinski definition) is 2. The van der Waals surface area contributed by atoms with Crippen LogP contribution in [0, 0.1) is 24.7 Å². The van der Waals surface area contributed by atoms with E-state index >= 15 is 0 Å². The molecule has 1 saturated carbocycles. The van der Waals surface area contributed by atoms with Crippen LogP contribution in [0.1, 0.15) is 75.0 Å². The summed E-state index contributed by atoms with van der Waals surface area (Å²) < 4.78 is 10.8. The molecule has 222 valence electrons. The summed E-state index contributed by atoms with van der Waals surface area (Å²) in [6.45, 7) is 12.1. The van der Waals surface area contributed by atoms with Crippen LogP contribution in [-0.4, -0.2) is 63.4 Å². The number of methoxy groups -OCH3 is 2. The average Bonchev–Trinajstić information content (AvgIpc) is 2.97. The van der Waals surface area contributed by atoms with Crippen LogP contribution in [0.25, 0.3) is 0 Å². The van der Waals surface area contributed by atoms with Gasteiger partial charge in [-0.05, 0) is 74.0 Å². The van der Waals surface area contributed by atoms with Crippen LogP contribution in [0.4, 0.5) is 0 Å². The van der Waals surface area contributed by atoms with Crippen molar-refractivity contribution in [1.29, 1.82) is 0 Å². The standard InChI is InChI=1S/C25H42O2.2C4H6O2/c1-5-6-7-8-23-14-13-22(17-20(23)2)10-9-21-11-15-24(16-12-21)25(18-26-3)19-27-4;2*1-4(2-5)3-6/h13-14,17,21,24-25H,5-12,15-16,18-19H2,1-4H3;2*2,6H,1,3H2. The smallest absolute Gasteiger partial charge is 0.147 e. The minimum absolute atomic E-state index is 0.218. The zero-order valence-electron chi connectivity index (χ0n) is 25.0. The number of hydrogen-bond acceptors (Lipinski definition) is 6. The van der Waals surface area contributed by atoms with E-state index in [1.165, 1.54) is 75.3 Å². The Morgan fingerprint density at radius 1 is 0.949 bits per heavy atom. The third kappa shape index (κ3) is 17.2. The molecule has 0 radical (unpaired) electrons. The highest BCUT2D eigenvalue weighted by Gasteiger charge is 2.27. The molecular weight excluding hydrogens is 492 g/mol. The molecule has 39 heavy (non-hydrogen) atoms. The van der Waals surface area contributed by atoms with Crippen LogP contribution in [0.2, 0.25) is 0 Å². The summed E-state index contributed by atoms with van der Waals surface area (Å²) in [5.74, 6) is 2.26. The number of ether oxygens (including phenoxy) is 2. The van der Waals surface area contributed by atoms with E-state index in [9.17, 15) is 9.59 Å². The molecule has 2 N–H and O–H groups in total. The second-order valence-electron chi connectivity index (χ2n) is 10.6.